The molecule has 3 heteroatoms. The van der Waals surface area contributed by atoms with Crippen molar-refractivity contribution in [2.45, 2.75) is 25.7 Å². The van der Waals surface area contributed by atoms with Gasteiger partial charge in [0, 0.05) is 24.4 Å². The van der Waals surface area contributed by atoms with E-state index in [4.69, 9.17) is 0 Å². The maximum atomic E-state index is 12.2. The second-order valence-corrected chi connectivity index (χ2v) is 5.36. The van der Waals surface area contributed by atoms with Crippen molar-refractivity contribution in [1.29, 1.82) is 0 Å². The molecule has 0 heterocycles. The standard InChI is InChI=1S/C17H17NO2/c19-16-9-6-13(7-10-16)17(20)18-15-8-5-12-3-1-2-4-14(12)11-15/h1-5,8,11,13H,6-7,9-10H2,(H,18,20). The summed E-state index contributed by atoms with van der Waals surface area (Å²) < 4.78 is 0. The summed E-state index contributed by atoms with van der Waals surface area (Å²) in [6, 6.07) is 14.0. The van der Waals surface area contributed by atoms with Gasteiger partial charge in [-0.2, -0.15) is 0 Å². The van der Waals surface area contributed by atoms with E-state index in [0.29, 0.717) is 25.7 Å². The van der Waals surface area contributed by atoms with E-state index in [-0.39, 0.29) is 17.6 Å². The molecule has 0 bridgehead atoms. The molecule has 1 aliphatic rings. The molecule has 2 aromatic rings. The van der Waals surface area contributed by atoms with Crippen molar-refractivity contribution in [3.05, 3.63) is 42.5 Å². The lowest BCUT2D eigenvalue weighted by molar-refractivity contribution is -0.125. The third-order valence-corrected chi connectivity index (χ3v) is 3.93. The van der Waals surface area contributed by atoms with Crippen LogP contribution in [0.15, 0.2) is 42.5 Å². The molecule has 1 aliphatic carbocycles. The van der Waals surface area contributed by atoms with Crippen LogP contribution >= 0.6 is 0 Å². The van der Waals surface area contributed by atoms with Gasteiger partial charge in [-0.05, 0) is 35.7 Å². The first-order valence-corrected chi connectivity index (χ1v) is 7.04. The molecule has 0 aromatic heterocycles. The fourth-order valence-corrected chi connectivity index (χ4v) is 2.71. The van der Waals surface area contributed by atoms with Crippen LogP contribution in [0.1, 0.15) is 25.7 Å². The Morgan fingerprint density at radius 1 is 1.00 bits per heavy atom. The highest BCUT2D eigenvalue weighted by Crippen LogP contribution is 2.24. The highest BCUT2D eigenvalue weighted by atomic mass is 16.2. The summed E-state index contributed by atoms with van der Waals surface area (Å²) in [5, 5.41) is 5.24. The van der Waals surface area contributed by atoms with E-state index < -0.39 is 0 Å². The van der Waals surface area contributed by atoms with E-state index in [1.165, 1.54) is 0 Å². The van der Waals surface area contributed by atoms with Crippen LogP contribution in [0.3, 0.4) is 0 Å². The summed E-state index contributed by atoms with van der Waals surface area (Å²) >= 11 is 0. The van der Waals surface area contributed by atoms with E-state index in [0.717, 1.165) is 16.5 Å². The summed E-state index contributed by atoms with van der Waals surface area (Å²) in [6.45, 7) is 0. The summed E-state index contributed by atoms with van der Waals surface area (Å²) in [7, 11) is 0. The first kappa shape index (κ1) is 12.9. The fraction of sp³-hybridized carbons (Fsp3) is 0.294. The SMILES string of the molecule is O=C1CCC(C(=O)Nc2ccc3ccccc3c2)CC1. The van der Waals surface area contributed by atoms with Crippen molar-refractivity contribution < 1.29 is 9.59 Å². The molecule has 1 amide bonds. The number of nitrogens with one attached hydrogen (secondary N) is 1. The Balaban J connectivity index is 1.72. The smallest absolute Gasteiger partial charge is 0.227 e. The Morgan fingerprint density at radius 3 is 2.45 bits per heavy atom. The van der Waals surface area contributed by atoms with Crippen molar-refractivity contribution in [2.24, 2.45) is 5.92 Å². The molecule has 0 aliphatic heterocycles. The Bertz CT molecular complexity index is 653. The minimum atomic E-state index is -0.0285. The van der Waals surface area contributed by atoms with Crippen molar-refractivity contribution in [3.63, 3.8) is 0 Å². The van der Waals surface area contributed by atoms with Crippen molar-refractivity contribution in [2.75, 3.05) is 5.32 Å². The van der Waals surface area contributed by atoms with Crippen LogP contribution in [0.5, 0.6) is 0 Å². The molecule has 3 nitrogen and oxygen atoms in total. The monoisotopic (exact) mass is 267 g/mol. The van der Waals surface area contributed by atoms with Crippen LogP contribution in [-0.4, -0.2) is 11.7 Å². The van der Waals surface area contributed by atoms with Gasteiger partial charge in [-0.25, -0.2) is 0 Å². The zero-order valence-electron chi connectivity index (χ0n) is 11.3. The number of benzene rings is 2. The van der Waals surface area contributed by atoms with Crippen LogP contribution in [-0.2, 0) is 9.59 Å². The first-order chi connectivity index (χ1) is 9.72. The minimum Gasteiger partial charge on any atom is -0.326 e. The average molecular weight is 267 g/mol. The molecule has 0 unspecified atom stereocenters. The number of fused-ring (bicyclic) bond motifs is 1. The van der Waals surface area contributed by atoms with Gasteiger partial charge in [-0.1, -0.05) is 30.3 Å². The van der Waals surface area contributed by atoms with Crippen LogP contribution in [0, 0.1) is 5.92 Å². The number of carbonyl (C=O) groups excluding carboxylic acids is 2. The second kappa shape index (κ2) is 5.45. The lowest BCUT2D eigenvalue weighted by Gasteiger charge is -2.20. The molecule has 0 radical (unpaired) electrons. The van der Waals surface area contributed by atoms with E-state index in [9.17, 15) is 9.59 Å². The molecule has 102 valence electrons. The maximum Gasteiger partial charge on any atom is 0.227 e. The Morgan fingerprint density at radius 2 is 1.70 bits per heavy atom. The highest BCUT2D eigenvalue weighted by molar-refractivity contribution is 5.96. The van der Waals surface area contributed by atoms with Crippen molar-refractivity contribution in [3.8, 4) is 0 Å². The van der Waals surface area contributed by atoms with E-state index in [1.54, 1.807) is 0 Å². The minimum absolute atomic E-state index is 0.0285. The maximum absolute atomic E-state index is 12.2. The van der Waals surface area contributed by atoms with Gasteiger partial charge >= 0.3 is 0 Å². The molecule has 0 saturated heterocycles. The number of rotatable bonds is 2. The number of ketones is 1. The van der Waals surface area contributed by atoms with E-state index in [1.807, 2.05) is 42.5 Å². The second-order valence-electron chi connectivity index (χ2n) is 5.36. The topological polar surface area (TPSA) is 46.2 Å². The Hall–Kier alpha value is -2.16. The van der Waals surface area contributed by atoms with Crippen LogP contribution in [0.4, 0.5) is 5.69 Å². The average Bonchev–Trinajstić information content (AvgIpc) is 2.48. The third-order valence-electron chi connectivity index (χ3n) is 3.93. The number of hydrogen-bond acceptors (Lipinski definition) is 2. The normalized spacial score (nSPS) is 16.3. The molecule has 1 fully saturated rings. The van der Waals surface area contributed by atoms with Crippen LogP contribution in [0.2, 0.25) is 0 Å². The Kier molecular flexibility index (Phi) is 3.50. The number of carbonyl (C=O) groups is 2. The van der Waals surface area contributed by atoms with Gasteiger partial charge in [-0.3, -0.25) is 9.59 Å². The lowest BCUT2D eigenvalue weighted by atomic mass is 9.88. The fourth-order valence-electron chi connectivity index (χ4n) is 2.71. The zero-order valence-corrected chi connectivity index (χ0v) is 11.3. The third kappa shape index (κ3) is 2.72. The van der Waals surface area contributed by atoms with Crippen LogP contribution < -0.4 is 5.32 Å². The molecule has 1 saturated carbocycles. The van der Waals surface area contributed by atoms with Gasteiger partial charge in [-0.15, -0.1) is 0 Å². The number of hydrogen-bond donors (Lipinski definition) is 1. The quantitative estimate of drug-likeness (QED) is 0.904. The van der Waals surface area contributed by atoms with Gasteiger partial charge in [0.2, 0.25) is 5.91 Å². The number of anilines is 1. The summed E-state index contributed by atoms with van der Waals surface area (Å²) in [5.41, 5.74) is 0.825. The molecule has 20 heavy (non-hydrogen) atoms. The van der Waals surface area contributed by atoms with Gasteiger partial charge in [0.15, 0.2) is 0 Å². The molecular formula is C17H17NO2. The molecular weight excluding hydrogens is 250 g/mol. The predicted octanol–water partition coefficient (Wildman–Crippen LogP) is 3.54. The first-order valence-electron chi connectivity index (χ1n) is 7.04. The highest BCUT2D eigenvalue weighted by Gasteiger charge is 2.24. The van der Waals surface area contributed by atoms with Gasteiger partial charge < -0.3 is 5.32 Å². The Labute approximate surface area is 118 Å². The lowest BCUT2D eigenvalue weighted by Crippen LogP contribution is -2.27. The van der Waals surface area contributed by atoms with Gasteiger partial charge in [0.1, 0.15) is 5.78 Å². The molecule has 3 rings (SSSR count). The number of amides is 1. The largest absolute Gasteiger partial charge is 0.326 e. The molecule has 2 aromatic carbocycles. The van der Waals surface area contributed by atoms with E-state index >= 15 is 0 Å². The summed E-state index contributed by atoms with van der Waals surface area (Å²) in [6.07, 6.45) is 2.43. The van der Waals surface area contributed by atoms with E-state index in [2.05, 4.69) is 5.32 Å². The van der Waals surface area contributed by atoms with Gasteiger partial charge in [0.05, 0.1) is 0 Å². The van der Waals surface area contributed by atoms with Crippen LogP contribution in [0.25, 0.3) is 10.8 Å². The molecule has 0 atom stereocenters. The summed E-state index contributed by atoms with van der Waals surface area (Å²) in [4.78, 5) is 23.4. The predicted molar refractivity (Wildman–Crippen MR) is 79.5 cm³/mol. The number of Topliss-reactive ketones (excluding diaryl/α,β-unsaturated/α-hetero) is 1. The summed E-state index contributed by atoms with van der Waals surface area (Å²) in [5.74, 6) is 0.284. The molecule has 1 N–H and O–H groups in total. The molecule has 0 spiro atoms. The zero-order chi connectivity index (χ0) is 13.9. The van der Waals surface area contributed by atoms with Crippen molar-refractivity contribution >= 4 is 28.2 Å². The van der Waals surface area contributed by atoms with Gasteiger partial charge in [0.25, 0.3) is 0 Å². The van der Waals surface area contributed by atoms with Crippen molar-refractivity contribution in [1.82, 2.24) is 0 Å².